The Labute approximate surface area is 120 Å². The number of rotatable bonds is 4. The number of nitrogen functional groups attached to an aromatic ring is 1. The number of aliphatic hydroxyl groups excluding tert-OH is 1. The molecular weight excluding hydrogens is 276 g/mol. The van der Waals surface area contributed by atoms with Gasteiger partial charge in [-0.25, -0.2) is 8.42 Å². The van der Waals surface area contributed by atoms with E-state index in [0.717, 1.165) is 31.9 Å². The minimum Gasteiger partial charge on any atom is -0.396 e. The highest BCUT2D eigenvalue weighted by molar-refractivity contribution is 7.90. The molecule has 1 aliphatic carbocycles. The van der Waals surface area contributed by atoms with E-state index >= 15 is 0 Å². The molecule has 1 aromatic carbocycles. The second-order valence-electron chi connectivity index (χ2n) is 5.47. The zero-order valence-electron chi connectivity index (χ0n) is 11.7. The van der Waals surface area contributed by atoms with Gasteiger partial charge in [0.05, 0.1) is 16.3 Å². The predicted molar refractivity (Wildman–Crippen MR) is 80.4 cm³/mol. The molecule has 0 aliphatic heterocycles. The third-order valence-corrected chi connectivity index (χ3v) is 5.11. The van der Waals surface area contributed by atoms with Gasteiger partial charge in [-0.2, -0.15) is 0 Å². The number of hydrogen-bond acceptors (Lipinski definition) is 5. The first kappa shape index (κ1) is 15.1. The molecule has 0 saturated heterocycles. The highest BCUT2D eigenvalue weighted by Crippen LogP contribution is 2.31. The maximum absolute atomic E-state index is 11.7. The van der Waals surface area contributed by atoms with Gasteiger partial charge >= 0.3 is 0 Å². The van der Waals surface area contributed by atoms with Crippen molar-refractivity contribution in [1.82, 2.24) is 0 Å². The molecule has 112 valence electrons. The van der Waals surface area contributed by atoms with E-state index in [1.54, 1.807) is 12.1 Å². The lowest BCUT2D eigenvalue weighted by Crippen LogP contribution is -2.34. The van der Waals surface area contributed by atoms with Crippen molar-refractivity contribution in [3.05, 3.63) is 18.2 Å². The Morgan fingerprint density at radius 2 is 2.05 bits per heavy atom. The summed E-state index contributed by atoms with van der Waals surface area (Å²) >= 11 is 0. The van der Waals surface area contributed by atoms with Gasteiger partial charge in [0.25, 0.3) is 0 Å². The first-order valence-electron chi connectivity index (χ1n) is 6.89. The largest absolute Gasteiger partial charge is 0.396 e. The Balaban J connectivity index is 2.25. The van der Waals surface area contributed by atoms with Crippen LogP contribution in [0.3, 0.4) is 0 Å². The zero-order chi connectivity index (χ0) is 14.8. The third-order valence-electron chi connectivity index (χ3n) is 3.95. The van der Waals surface area contributed by atoms with Gasteiger partial charge in [0.15, 0.2) is 9.84 Å². The second-order valence-corrected chi connectivity index (χ2v) is 7.45. The van der Waals surface area contributed by atoms with Crippen LogP contribution in [-0.2, 0) is 9.84 Å². The monoisotopic (exact) mass is 298 g/mol. The van der Waals surface area contributed by atoms with Crippen LogP contribution in [0.1, 0.15) is 25.7 Å². The Hall–Kier alpha value is -1.27. The fraction of sp³-hybridized carbons (Fsp3) is 0.571. The molecule has 0 bridgehead atoms. The summed E-state index contributed by atoms with van der Waals surface area (Å²) in [4.78, 5) is 0.152. The third kappa shape index (κ3) is 3.24. The van der Waals surface area contributed by atoms with Gasteiger partial charge < -0.3 is 16.2 Å². The summed E-state index contributed by atoms with van der Waals surface area (Å²) in [5.41, 5.74) is 6.87. The topological polar surface area (TPSA) is 92.4 Å². The van der Waals surface area contributed by atoms with E-state index in [2.05, 4.69) is 5.32 Å². The van der Waals surface area contributed by atoms with Crippen LogP contribution < -0.4 is 11.1 Å². The van der Waals surface area contributed by atoms with Crippen LogP contribution in [0.25, 0.3) is 0 Å². The molecule has 2 rings (SSSR count). The van der Waals surface area contributed by atoms with Gasteiger partial charge in [0, 0.05) is 24.8 Å². The first-order chi connectivity index (χ1) is 9.43. The normalized spacial score (nSPS) is 23.5. The first-order valence-corrected chi connectivity index (χ1v) is 8.78. The summed E-state index contributed by atoms with van der Waals surface area (Å²) in [5.74, 6) is 0.199. The molecule has 0 amide bonds. The van der Waals surface area contributed by atoms with Crippen LogP contribution in [0.5, 0.6) is 0 Å². The van der Waals surface area contributed by atoms with Gasteiger partial charge in [-0.1, -0.05) is 18.9 Å². The summed E-state index contributed by atoms with van der Waals surface area (Å²) in [7, 11) is -3.33. The predicted octanol–water partition coefficient (Wildman–Crippen LogP) is 1.64. The molecule has 0 aromatic heterocycles. The minimum absolute atomic E-state index is 0.142. The highest BCUT2D eigenvalue weighted by Gasteiger charge is 2.25. The molecular formula is C14H22N2O3S. The summed E-state index contributed by atoms with van der Waals surface area (Å²) in [6, 6.07) is 5.13. The van der Waals surface area contributed by atoms with Crippen molar-refractivity contribution >= 4 is 21.2 Å². The average molecular weight is 298 g/mol. The molecule has 20 heavy (non-hydrogen) atoms. The lowest BCUT2D eigenvalue weighted by Gasteiger charge is -2.32. The molecule has 6 heteroatoms. The summed E-state index contributed by atoms with van der Waals surface area (Å²) < 4.78 is 23.3. The summed E-state index contributed by atoms with van der Waals surface area (Å²) in [5, 5.41) is 12.7. The smallest absolute Gasteiger partial charge is 0.177 e. The SMILES string of the molecule is CS(=O)(=O)c1cccc(NC2CCCCC2CO)c1N. The van der Waals surface area contributed by atoms with Gasteiger partial charge in [-0.15, -0.1) is 0 Å². The van der Waals surface area contributed by atoms with Crippen molar-refractivity contribution in [2.75, 3.05) is 23.9 Å². The van der Waals surface area contributed by atoms with E-state index in [1.807, 2.05) is 0 Å². The van der Waals surface area contributed by atoms with Crippen molar-refractivity contribution in [2.45, 2.75) is 36.6 Å². The van der Waals surface area contributed by atoms with Gasteiger partial charge in [-0.05, 0) is 25.0 Å². The molecule has 0 spiro atoms. The molecule has 0 heterocycles. The van der Waals surface area contributed by atoms with E-state index in [4.69, 9.17) is 5.73 Å². The number of nitrogens with two attached hydrogens (primary N) is 1. The zero-order valence-corrected chi connectivity index (χ0v) is 12.5. The quantitative estimate of drug-likeness (QED) is 0.735. The van der Waals surface area contributed by atoms with Crippen LogP contribution in [0, 0.1) is 5.92 Å². The number of para-hydroxylation sites is 1. The van der Waals surface area contributed by atoms with Crippen LogP contribution in [0.2, 0.25) is 0 Å². The van der Waals surface area contributed by atoms with Crippen molar-refractivity contribution in [1.29, 1.82) is 0 Å². The molecule has 1 aliphatic rings. The Kier molecular flexibility index (Phi) is 4.55. The summed E-state index contributed by atoms with van der Waals surface area (Å²) in [6.07, 6.45) is 5.34. The standard InChI is InChI=1S/C14H22N2O3S/c1-20(18,19)13-8-4-7-12(14(13)15)16-11-6-3-2-5-10(11)9-17/h4,7-8,10-11,16-17H,2-3,5-6,9,15H2,1H3. The minimum atomic E-state index is -3.33. The average Bonchev–Trinajstić information content (AvgIpc) is 2.40. The number of aliphatic hydroxyl groups is 1. The lowest BCUT2D eigenvalue weighted by atomic mass is 9.85. The van der Waals surface area contributed by atoms with Gasteiger partial charge in [0.1, 0.15) is 0 Å². The van der Waals surface area contributed by atoms with Crippen molar-refractivity contribution in [2.24, 2.45) is 5.92 Å². The molecule has 2 unspecified atom stereocenters. The molecule has 4 N–H and O–H groups in total. The van der Waals surface area contributed by atoms with E-state index in [-0.39, 0.29) is 29.1 Å². The summed E-state index contributed by atoms with van der Waals surface area (Å²) in [6.45, 7) is 0.142. The van der Waals surface area contributed by atoms with Crippen molar-refractivity contribution in [3.8, 4) is 0 Å². The van der Waals surface area contributed by atoms with Crippen LogP contribution in [-0.4, -0.2) is 32.4 Å². The number of anilines is 2. The second kappa shape index (κ2) is 6.01. The number of hydrogen-bond donors (Lipinski definition) is 3. The van der Waals surface area contributed by atoms with Crippen molar-refractivity contribution < 1.29 is 13.5 Å². The number of sulfone groups is 1. The van der Waals surface area contributed by atoms with E-state index in [9.17, 15) is 13.5 Å². The van der Waals surface area contributed by atoms with Crippen LogP contribution in [0.4, 0.5) is 11.4 Å². The van der Waals surface area contributed by atoms with E-state index in [1.165, 1.54) is 6.07 Å². The Morgan fingerprint density at radius 3 is 2.70 bits per heavy atom. The number of benzene rings is 1. The fourth-order valence-electron chi connectivity index (χ4n) is 2.81. The molecule has 0 radical (unpaired) electrons. The fourth-order valence-corrected chi connectivity index (χ4v) is 3.64. The molecule has 5 nitrogen and oxygen atoms in total. The maximum Gasteiger partial charge on any atom is 0.177 e. The van der Waals surface area contributed by atoms with E-state index < -0.39 is 9.84 Å². The van der Waals surface area contributed by atoms with Crippen LogP contribution >= 0.6 is 0 Å². The van der Waals surface area contributed by atoms with Crippen LogP contribution in [0.15, 0.2) is 23.1 Å². The Bertz CT molecular complexity index is 572. The molecule has 1 aromatic rings. The van der Waals surface area contributed by atoms with Gasteiger partial charge in [-0.3, -0.25) is 0 Å². The molecule has 1 fully saturated rings. The molecule has 2 atom stereocenters. The highest BCUT2D eigenvalue weighted by atomic mass is 32.2. The Morgan fingerprint density at radius 1 is 1.35 bits per heavy atom. The van der Waals surface area contributed by atoms with Crippen molar-refractivity contribution in [3.63, 3.8) is 0 Å². The lowest BCUT2D eigenvalue weighted by molar-refractivity contribution is 0.178. The maximum atomic E-state index is 11.7. The number of nitrogens with one attached hydrogen (secondary N) is 1. The van der Waals surface area contributed by atoms with Gasteiger partial charge in [0.2, 0.25) is 0 Å². The van der Waals surface area contributed by atoms with E-state index in [0.29, 0.717) is 5.69 Å². The molecule has 1 saturated carbocycles.